The fourth-order valence-corrected chi connectivity index (χ4v) is 1.62. The quantitative estimate of drug-likeness (QED) is 0.638. The molecule has 0 bridgehead atoms. The monoisotopic (exact) mass is 259 g/mol. The van der Waals surface area contributed by atoms with Crippen LogP contribution in [0.15, 0.2) is 18.2 Å². The van der Waals surface area contributed by atoms with E-state index >= 15 is 0 Å². The maximum atomic E-state index is 11.7. The molecule has 0 saturated carbocycles. The summed E-state index contributed by atoms with van der Waals surface area (Å²) in [5.41, 5.74) is 1.56. The molecule has 1 amide bonds. The van der Waals surface area contributed by atoms with Gasteiger partial charge in [0, 0.05) is 23.0 Å². The predicted molar refractivity (Wildman–Crippen MR) is 68.5 cm³/mol. The van der Waals surface area contributed by atoms with Gasteiger partial charge in [0.15, 0.2) is 0 Å². The van der Waals surface area contributed by atoms with Crippen molar-refractivity contribution in [1.82, 2.24) is 5.32 Å². The second-order valence-electron chi connectivity index (χ2n) is 3.62. The lowest BCUT2D eigenvalue weighted by molar-refractivity contribution is 0.0953. The Kier molecular flexibility index (Phi) is 5.64. The minimum absolute atomic E-state index is 0.0608. The van der Waals surface area contributed by atoms with Crippen molar-refractivity contribution in [1.29, 1.82) is 0 Å². The van der Waals surface area contributed by atoms with Gasteiger partial charge in [0.25, 0.3) is 5.91 Å². The standard InChI is InChI=1S/C12H15Cl2NO/c1-9-8-10(4-5-11(9)14)12(16)15-7-3-2-6-13/h4-5,8H,2-3,6-7H2,1H3,(H,15,16). The van der Waals surface area contributed by atoms with Gasteiger partial charge in [0.1, 0.15) is 0 Å². The van der Waals surface area contributed by atoms with Crippen LogP contribution < -0.4 is 5.32 Å². The molecule has 0 aromatic heterocycles. The van der Waals surface area contributed by atoms with E-state index in [2.05, 4.69) is 5.32 Å². The maximum Gasteiger partial charge on any atom is 0.251 e. The first-order valence-electron chi connectivity index (χ1n) is 5.25. The number of amides is 1. The summed E-state index contributed by atoms with van der Waals surface area (Å²) in [4.78, 5) is 11.7. The largest absolute Gasteiger partial charge is 0.352 e. The summed E-state index contributed by atoms with van der Waals surface area (Å²) in [6.07, 6.45) is 1.82. The summed E-state index contributed by atoms with van der Waals surface area (Å²) in [5, 5.41) is 3.52. The lowest BCUT2D eigenvalue weighted by Crippen LogP contribution is -2.24. The molecule has 16 heavy (non-hydrogen) atoms. The Balaban J connectivity index is 2.50. The van der Waals surface area contributed by atoms with E-state index in [9.17, 15) is 4.79 Å². The molecule has 0 radical (unpaired) electrons. The molecule has 1 aromatic carbocycles. The van der Waals surface area contributed by atoms with Crippen LogP contribution in [0.4, 0.5) is 0 Å². The SMILES string of the molecule is Cc1cc(C(=O)NCCCCCl)ccc1Cl. The van der Waals surface area contributed by atoms with Crippen molar-refractivity contribution in [3.05, 3.63) is 34.3 Å². The van der Waals surface area contributed by atoms with E-state index in [1.54, 1.807) is 18.2 Å². The van der Waals surface area contributed by atoms with Crippen molar-refractivity contribution >= 4 is 29.1 Å². The Bertz CT molecular complexity index is 366. The molecule has 0 aliphatic carbocycles. The van der Waals surface area contributed by atoms with E-state index in [4.69, 9.17) is 23.2 Å². The normalized spacial score (nSPS) is 10.2. The molecule has 0 spiro atoms. The number of rotatable bonds is 5. The van der Waals surface area contributed by atoms with E-state index in [1.807, 2.05) is 6.92 Å². The van der Waals surface area contributed by atoms with Crippen LogP contribution in [0.2, 0.25) is 5.02 Å². The fourth-order valence-electron chi connectivity index (χ4n) is 1.31. The summed E-state index contributed by atoms with van der Waals surface area (Å²) < 4.78 is 0. The van der Waals surface area contributed by atoms with Crippen LogP contribution in [-0.4, -0.2) is 18.3 Å². The molecule has 88 valence electrons. The van der Waals surface area contributed by atoms with Gasteiger partial charge in [-0.25, -0.2) is 0 Å². The van der Waals surface area contributed by atoms with Crippen molar-refractivity contribution < 1.29 is 4.79 Å². The Hall–Kier alpha value is -0.730. The highest BCUT2D eigenvalue weighted by Crippen LogP contribution is 2.16. The zero-order valence-corrected chi connectivity index (χ0v) is 10.7. The first-order valence-corrected chi connectivity index (χ1v) is 6.16. The van der Waals surface area contributed by atoms with Gasteiger partial charge in [-0.05, 0) is 43.5 Å². The average molecular weight is 260 g/mol. The van der Waals surface area contributed by atoms with Gasteiger partial charge in [0.2, 0.25) is 0 Å². The number of unbranched alkanes of at least 4 members (excludes halogenated alkanes) is 1. The van der Waals surface area contributed by atoms with Gasteiger partial charge >= 0.3 is 0 Å². The molecular weight excluding hydrogens is 245 g/mol. The van der Waals surface area contributed by atoms with Gasteiger partial charge in [-0.2, -0.15) is 0 Å². The second kappa shape index (κ2) is 6.77. The van der Waals surface area contributed by atoms with Crippen LogP contribution in [0, 0.1) is 6.92 Å². The molecule has 0 atom stereocenters. The van der Waals surface area contributed by atoms with Gasteiger partial charge in [0.05, 0.1) is 0 Å². The second-order valence-corrected chi connectivity index (χ2v) is 4.40. The Morgan fingerprint density at radius 3 is 2.75 bits per heavy atom. The summed E-state index contributed by atoms with van der Waals surface area (Å²) in [5.74, 6) is 0.574. The third-order valence-electron chi connectivity index (χ3n) is 2.27. The van der Waals surface area contributed by atoms with E-state index < -0.39 is 0 Å². The Morgan fingerprint density at radius 2 is 2.12 bits per heavy atom. The van der Waals surface area contributed by atoms with Gasteiger partial charge in [-0.1, -0.05) is 11.6 Å². The minimum Gasteiger partial charge on any atom is -0.352 e. The first-order chi connectivity index (χ1) is 7.65. The van der Waals surface area contributed by atoms with E-state index in [0.29, 0.717) is 23.0 Å². The molecule has 0 unspecified atom stereocenters. The molecular formula is C12H15Cl2NO. The topological polar surface area (TPSA) is 29.1 Å². The minimum atomic E-state index is -0.0608. The molecule has 0 heterocycles. The van der Waals surface area contributed by atoms with Crippen LogP contribution in [0.1, 0.15) is 28.8 Å². The highest BCUT2D eigenvalue weighted by atomic mass is 35.5. The van der Waals surface area contributed by atoms with Crippen molar-refractivity contribution in [3.63, 3.8) is 0 Å². The van der Waals surface area contributed by atoms with E-state index in [0.717, 1.165) is 18.4 Å². The predicted octanol–water partition coefficient (Wildman–Crippen LogP) is 3.40. The highest BCUT2D eigenvalue weighted by Gasteiger charge is 2.05. The van der Waals surface area contributed by atoms with E-state index in [1.165, 1.54) is 0 Å². The molecule has 0 aliphatic heterocycles. The van der Waals surface area contributed by atoms with E-state index in [-0.39, 0.29) is 5.91 Å². The van der Waals surface area contributed by atoms with Crippen LogP contribution in [0.5, 0.6) is 0 Å². The number of aryl methyl sites for hydroxylation is 1. The molecule has 1 rings (SSSR count). The molecule has 1 aromatic rings. The van der Waals surface area contributed by atoms with Crippen LogP contribution in [0.3, 0.4) is 0 Å². The molecule has 0 fully saturated rings. The smallest absolute Gasteiger partial charge is 0.251 e. The summed E-state index contributed by atoms with van der Waals surface area (Å²) >= 11 is 11.4. The number of carbonyl (C=O) groups excluding carboxylic acids is 1. The lowest BCUT2D eigenvalue weighted by atomic mass is 10.1. The molecule has 1 N–H and O–H groups in total. The fraction of sp³-hybridized carbons (Fsp3) is 0.417. The number of hydrogen-bond acceptors (Lipinski definition) is 1. The molecule has 2 nitrogen and oxygen atoms in total. The van der Waals surface area contributed by atoms with Gasteiger partial charge in [-0.3, -0.25) is 4.79 Å². The Labute approximate surface area is 106 Å². The summed E-state index contributed by atoms with van der Waals surface area (Å²) in [7, 11) is 0. The number of alkyl halides is 1. The third kappa shape index (κ3) is 4.03. The van der Waals surface area contributed by atoms with Crippen molar-refractivity contribution in [3.8, 4) is 0 Å². The lowest BCUT2D eigenvalue weighted by Gasteiger charge is -2.06. The zero-order valence-electron chi connectivity index (χ0n) is 9.22. The number of benzene rings is 1. The molecule has 0 saturated heterocycles. The van der Waals surface area contributed by atoms with Crippen molar-refractivity contribution in [2.45, 2.75) is 19.8 Å². The van der Waals surface area contributed by atoms with Crippen LogP contribution in [0.25, 0.3) is 0 Å². The van der Waals surface area contributed by atoms with Gasteiger partial charge < -0.3 is 5.32 Å². The maximum absolute atomic E-state index is 11.7. The average Bonchev–Trinajstić information content (AvgIpc) is 2.28. The summed E-state index contributed by atoms with van der Waals surface area (Å²) in [6, 6.07) is 5.26. The van der Waals surface area contributed by atoms with Crippen LogP contribution >= 0.6 is 23.2 Å². The number of carbonyl (C=O) groups is 1. The Morgan fingerprint density at radius 1 is 1.38 bits per heavy atom. The number of hydrogen-bond donors (Lipinski definition) is 1. The van der Waals surface area contributed by atoms with Crippen molar-refractivity contribution in [2.75, 3.05) is 12.4 Å². The third-order valence-corrected chi connectivity index (χ3v) is 2.96. The molecule has 0 aliphatic rings. The van der Waals surface area contributed by atoms with Gasteiger partial charge in [-0.15, -0.1) is 11.6 Å². The summed E-state index contributed by atoms with van der Waals surface area (Å²) in [6.45, 7) is 2.54. The van der Waals surface area contributed by atoms with Crippen LogP contribution in [-0.2, 0) is 0 Å². The molecule has 4 heteroatoms. The van der Waals surface area contributed by atoms with Crippen molar-refractivity contribution in [2.24, 2.45) is 0 Å². The zero-order chi connectivity index (χ0) is 12.0. The number of nitrogens with one attached hydrogen (secondary N) is 1. The first kappa shape index (κ1) is 13.3. The number of halogens is 2. The highest BCUT2D eigenvalue weighted by molar-refractivity contribution is 6.31.